The Kier molecular flexibility index (Phi) is 6.32. The lowest BCUT2D eigenvalue weighted by Gasteiger charge is -2.08. The predicted molar refractivity (Wildman–Crippen MR) is 131 cm³/mol. The number of aryl methyl sites for hydroxylation is 2. The molecule has 2 aliphatic rings. The van der Waals surface area contributed by atoms with Crippen LogP contribution < -0.4 is 5.32 Å². The summed E-state index contributed by atoms with van der Waals surface area (Å²) in [6.07, 6.45) is 4.50. The summed E-state index contributed by atoms with van der Waals surface area (Å²) in [5.74, 6) is 0.800. The second-order valence-electron chi connectivity index (χ2n) is 10.1. The van der Waals surface area contributed by atoms with Crippen LogP contribution in [-0.4, -0.2) is 41.1 Å². The summed E-state index contributed by atoms with van der Waals surface area (Å²) in [5.41, 5.74) is 3.93. The van der Waals surface area contributed by atoms with Crippen LogP contribution in [0.2, 0.25) is 0 Å². The van der Waals surface area contributed by atoms with Gasteiger partial charge in [-0.2, -0.15) is 18.3 Å². The molecule has 38 heavy (non-hydrogen) atoms. The maximum absolute atomic E-state index is 12.8. The molecule has 0 saturated heterocycles. The topological polar surface area (TPSA) is 114 Å². The fraction of sp³-hybridized carbons (Fsp3) is 0.462. The number of nitrogens with one attached hydrogen (secondary N) is 2. The number of H-pyrrole nitrogens is 1. The number of amides is 1. The number of alkyl halides is 3. The molecule has 2 fully saturated rings. The number of aromatic amines is 1. The first-order chi connectivity index (χ1) is 18.3. The van der Waals surface area contributed by atoms with Gasteiger partial charge in [0.1, 0.15) is 5.69 Å². The van der Waals surface area contributed by atoms with Gasteiger partial charge in [-0.05, 0) is 80.5 Å². The molecule has 1 amide bonds. The number of pyridine rings is 1. The molecule has 4 aromatic heterocycles. The molecule has 12 heteroatoms. The van der Waals surface area contributed by atoms with Crippen molar-refractivity contribution in [1.82, 2.24) is 40.5 Å². The van der Waals surface area contributed by atoms with Crippen molar-refractivity contribution in [3.63, 3.8) is 0 Å². The number of unbranched alkanes of at least 4 members (excludes halogenated alkanes) is 1. The van der Waals surface area contributed by atoms with E-state index in [0.29, 0.717) is 18.4 Å². The molecule has 0 unspecified atom stereocenters. The van der Waals surface area contributed by atoms with E-state index in [0.717, 1.165) is 36.7 Å². The smallest absolute Gasteiger partial charge is 0.345 e. The fourth-order valence-corrected chi connectivity index (χ4v) is 4.79. The van der Waals surface area contributed by atoms with E-state index in [4.69, 9.17) is 0 Å². The molecule has 2 saturated carbocycles. The van der Waals surface area contributed by atoms with Gasteiger partial charge in [0, 0.05) is 17.6 Å². The molecule has 2 N–H and O–H groups in total. The Bertz CT molecular complexity index is 1470. The highest BCUT2D eigenvalue weighted by Crippen LogP contribution is 2.51. The first-order valence-electron chi connectivity index (χ1n) is 12.9. The van der Waals surface area contributed by atoms with Crippen LogP contribution in [0.4, 0.5) is 13.2 Å². The minimum atomic E-state index is -4.54. The average Bonchev–Trinajstić information content (AvgIpc) is 3.84. The van der Waals surface area contributed by atoms with Crippen molar-refractivity contribution >= 4 is 16.9 Å². The van der Waals surface area contributed by atoms with Gasteiger partial charge in [0.15, 0.2) is 11.3 Å². The highest BCUT2D eigenvalue weighted by Gasteiger charge is 2.36. The lowest BCUT2D eigenvalue weighted by Crippen LogP contribution is -2.24. The molecule has 0 bridgehead atoms. The van der Waals surface area contributed by atoms with E-state index in [-0.39, 0.29) is 17.9 Å². The van der Waals surface area contributed by atoms with Crippen molar-refractivity contribution in [2.45, 2.75) is 76.0 Å². The largest absolute Gasteiger partial charge is 0.433 e. The number of aromatic nitrogens is 7. The predicted octanol–water partition coefficient (Wildman–Crippen LogP) is 4.67. The maximum Gasteiger partial charge on any atom is 0.433 e. The zero-order valence-electron chi connectivity index (χ0n) is 20.6. The first-order valence-corrected chi connectivity index (χ1v) is 12.9. The van der Waals surface area contributed by atoms with E-state index >= 15 is 0 Å². The summed E-state index contributed by atoms with van der Waals surface area (Å²) in [4.78, 5) is 19.4. The Morgan fingerprint density at radius 2 is 1.87 bits per heavy atom. The van der Waals surface area contributed by atoms with Gasteiger partial charge in [-0.15, -0.1) is 10.2 Å². The van der Waals surface area contributed by atoms with E-state index in [9.17, 15) is 18.0 Å². The van der Waals surface area contributed by atoms with Crippen LogP contribution in [-0.2, 0) is 25.7 Å². The van der Waals surface area contributed by atoms with Crippen LogP contribution in [0.1, 0.15) is 89.2 Å². The van der Waals surface area contributed by atoms with Gasteiger partial charge in [0.2, 0.25) is 0 Å². The van der Waals surface area contributed by atoms with Gasteiger partial charge in [-0.3, -0.25) is 9.48 Å². The van der Waals surface area contributed by atoms with Crippen LogP contribution in [0.5, 0.6) is 0 Å². The van der Waals surface area contributed by atoms with Crippen molar-refractivity contribution in [3.8, 4) is 0 Å². The highest BCUT2D eigenvalue weighted by molar-refractivity contribution is 5.91. The van der Waals surface area contributed by atoms with E-state index < -0.39 is 17.8 Å². The van der Waals surface area contributed by atoms with Gasteiger partial charge in [-0.25, -0.2) is 4.98 Å². The van der Waals surface area contributed by atoms with Gasteiger partial charge >= 0.3 is 6.18 Å². The Morgan fingerprint density at radius 3 is 2.63 bits per heavy atom. The second kappa shape index (κ2) is 9.80. The summed E-state index contributed by atoms with van der Waals surface area (Å²) in [6.45, 7) is 0.432. The average molecular weight is 525 g/mol. The summed E-state index contributed by atoms with van der Waals surface area (Å²) in [6, 6.07) is 5.75. The van der Waals surface area contributed by atoms with Crippen molar-refractivity contribution in [3.05, 3.63) is 64.5 Å². The quantitative estimate of drug-likeness (QED) is 0.292. The number of carbonyl (C=O) groups excluding carboxylic acids is 1. The van der Waals surface area contributed by atoms with Gasteiger partial charge in [0.25, 0.3) is 5.91 Å². The molecule has 0 atom stereocenters. The van der Waals surface area contributed by atoms with Crippen molar-refractivity contribution in [2.24, 2.45) is 0 Å². The minimum absolute atomic E-state index is 0.0971. The zero-order chi connectivity index (χ0) is 26.3. The first kappa shape index (κ1) is 24.5. The van der Waals surface area contributed by atoms with E-state index in [1.165, 1.54) is 60.7 Å². The van der Waals surface area contributed by atoms with E-state index in [2.05, 4.69) is 41.9 Å². The fourth-order valence-electron chi connectivity index (χ4n) is 4.79. The number of nitrogens with zero attached hydrogens (tertiary/aromatic N) is 6. The van der Waals surface area contributed by atoms with Crippen LogP contribution in [0.15, 0.2) is 30.5 Å². The summed E-state index contributed by atoms with van der Waals surface area (Å²) in [7, 11) is 0. The summed E-state index contributed by atoms with van der Waals surface area (Å²) < 4.78 is 40.0. The number of hydrogen-bond donors (Lipinski definition) is 2. The third-order valence-electron chi connectivity index (χ3n) is 7.02. The zero-order valence-corrected chi connectivity index (χ0v) is 20.6. The Labute approximate surface area is 216 Å². The number of fused-ring (bicyclic) bond motifs is 1. The molecule has 0 radical (unpaired) electrons. The summed E-state index contributed by atoms with van der Waals surface area (Å²) >= 11 is 0. The van der Waals surface area contributed by atoms with Crippen LogP contribution in [0, 0.1) is 0 Å². The van der Waals surface area contributed by atoms with Crippen molar-refractivity contribution in [2.75, 3.05) is 0 Å². The van der Waals surface area contributed by atoms with Gasteiger partial charge in [-0.1, -0.05) is 11.3 Å². The lowest BCUT2D eigenvalue weighted by molar-refractivity contribution is -0.141. The SMILES string of the molecule is O=C(NCc1cccc(C(F)(F)F)n1)c1cn(CCCCc2cc3c(C4CC4)c(C4CC4)[nH]c3nn2)nn1. The number of rotatable bonds is 10. The van der Waals surface area contributed by atoms with Crippen LogP contribution >= 0.6 is 0 Å². The van der Waals surface area contributed by atoms with Gasteiger partial charge in [0.05, 0.1) is 24.1 Å². The molecule has 198 valence electrons. The molecule has 0 aliphatic heterocycles. The molecular formula is C26H27F3N8O. The standard InChI is InChI=1S/C26H27F3N8O/c27-26(28,29)21-6-3-5-18(31-21)13-30-25(38)20-14-37(36-34-20)11-2-1-4-17-12-19-22(15-7-8-15)23(16-9-10-16)32-24(19)35-33-17/h3,5-6,12,14-16H,1-2,4,7-11,13H2,(H,30,38)(H,32,35). The lowest BCUT2D eigenvalue weighted by atomic mass is 10.0. The van der Waals surface area contributed by atoms with Crippen LogP contribution in [0.25, 0.3) is 11.0 Å². The molecule has 4 heterocycles. The minimum Gasteiger partial charge on any atom is -0.345 e. The van der Waals surface area contributed by atoms with Gasteiger partial charge < -0.3 is 10.3 Å². The van der Waals surface area contributed by atoms with Crippen molar-refractivity contribution < 1.29 is 18.0 Å². The molecular weight excluding hydrogens is 497 g/mol. The van der Waals surface area contributed by atoms with Crippen LogP contribution in [0.3, 0.4) is 0 Å². The molecule has 9 nitrogen and oxygen atoms in total. The Morgan fingerprint density at radius 1 is 1.05 bits per heavy atom. The van der Waals surface area contributed by atoms with Crippen molar-refractivity contribution in [1.29, 1.82) is 0 Å². The molecule has 4 aromatic rings. The number of hydrogen-bond acceptors (Lipinski definition) is 6. The molecule has 0 aromatic carbocycles. The Hall–Kier alpha value is -3.83. The highest BCUT2D eigenvalue weighted by atomic mass is 19.4. The summed E-state index contributed by atoms with van der Waals surface area (Å²) in [5, 5.41) is 20.5. The van der Waals surface area contributed by atoms with E-state index in [1.807, 2.05) is 0 Å². The monoisotopic (exact) mass is 524 g/mol. The third kappa shape index (κ3) is 5.39. The molecule has 6 rings (SSSR count). The molecule has 2 aliphatic carbocycles. The number of halogens is 3. The Balaban J connectivity index is 0.998. The third-order valence-corrected chi connectivity index (χ3v) is 7.02. The number of carbonyl (C=O) groups is 1. The maximum atomic E-state index is 12.8. The normalized spacial score (nSPS) is 15.8. The van der Waals surface area contributed by atoms with E-state index in [1.54, 1.807) is 4.68 Å². The molecule has 0 spiro atoms. The second-order valence-corrected chi connectivity index (χ2v) is 10.1.